The summed E-state index contributed by atoms with van der Waals surface area (Å²) < 4.78 is 0.862. The molecule has 1 aromatic carbocycles. The van der Waals surface area contributed by atoms with E-state index in [9.17, 15) is 5.11 Å². The van der Waals surface area contributed by atoms with Gasteiger partial charge in [0.2, 0.25) is 0 Å². The molecule has 0 radical (unpaired) electrons. The molecule has 0 aromatic heterocycles. The van der Waals surface area contributed by atoms with Crippen LogP contribution in [0, 0.1) is 5.41 Å². The van der Waals surface area contributed by atoms with E-state index in [1.807, 2.05) is 18.2 Å². The Morgan fingerprint density at radius 2 is 2.00 bits per heavy atom. The molecular formula is C13H18BrClO. The van der Waals surface area contributed by atoms with Crippen LogP contribution in [0.5, 0.6) is 0 Å². The van der Waals surface area contributed by atoms with Gasteiger partial charge in [0.1, 0.15) is 0 Å². The van der Waals surface area contributed by atoms with Crippen LogP contribution in [0.15, 0.2) is 22.7 Å². The smallest absolute Gasteiger partial charge is 0.0790 e. The molecule has 0 aliphatic rings. The number of hydrogen-bond donors (Lipinski definition) is 1. The van der Waals surface area contributed by atoms with Crippen molar-refractivity contribution in [1.29, 1.82) is 0 Å². The third-order valence-electron chi connectivity index (χ3n) is 2.50. The number of benzene rings is 1. The molecule has 1 rings (SSSR count). The van der Waals surface area contributed by atoms with E-state index < -0.39 is 6.10 Å². The zero-order valence-corrected chi connectivity index (χ0v) is 12.3. The fourth-order valence-corrected chi connectivity index (χ4v) is 1.89. The van der Waals surface area contributed by atoms with Crippen LogP contribution in [0.25, 0.3) is 0 Å². The SMILES string of the molecule is CC(C)(C)CCC(O)c1ccc(Br)c(Cl)c1. The maximum atomic E-state index is 10.0. The lowest BCUT2D eigenvalue weighted by atomic mass is 9.88. The van der Waals surface area contributed by atoms with E-state index in [0.29, 0.717) is 5.02 Å². The maximum absolute atomic E-state index is 10.0. The lowest BCUT2D eigenvalue weighted by molar-refractivity contribution is 0.147. The molecule has 90 valence electrons. The third-order valence-corrected chi connectivity index (χ3v) is 3.73. The molecule has 1 atom stereocenters. The highest BCUT2D eigenvalue weighted by Crippen LogP contribution is 2.30. The van der Waals surface area contributed by atoms with Crippen LogP contribution in [0.1, 0.15) is 45.3 Å². The predicted molar refractivity (Wildman–Crippen MR) is 72.8 cm³/mol. The first-order chi connectivity index (χ1) is 7.29. The van der Waals surface area contributed by atoms with Gasteiger partial charge in [-0.15, -0.1) is 0 Å². The molecular weight excluding hydrogens is 287 g/mol. The molecule has 0 heterocycles. The van der Waals surface area contributed by atoms with E-state index in [-0.39, 0.29) is 5.41 Å². The van der Waals surface area contributed by atoms with Crippen molar-refractivity contribution in [2.75, 3.05) is 0 Å². The number of rotatable bonds is 3. The molecule has 0 saturated heterocycles. The van der Waals surface area contributed by atoms with E-state index in [1.165, 1.54) is 0 Å². The summed E-state index contributed by atoms with van der Waals surface area (Å²) in [6.07, 6.45) is 1.33. The van der Waals surface area contributed by atoms with Gasteiger partial charge >= 0.3 is 0 Å². The van der Waals surface area contributed by atoms with E-state index >= 15 is 0 Å². The zero-order valence-electron chi connectivity index (χ0n) is 9.93. The summed E-state index contributed by atoms with van der Waals surface area (Å²) in [5.74, 6) is 0. The van der Waals surface area contributed by atoms with Crippen LogP contribution in [0.4, 0.5) is 0 Å². The minimum atomic E-state index is -0.426. The Morgan fingerprint density at radius 1 is 1.38 bits per heavy atom. The van der Waals surface area contributed by atoms with Gasteiger partial charge in [-0.2, -0.15) is 0 Å². The average molecular weight is 306 g/mol. The lowest BCUT2D eigenvalue weighted by Gasteiger charge is -2.20. The molecule has 0 spiro atoms. The second kappa shape index (κ2) is 5.52. The van der Waals surface area contributed by atoms with Gasteiger partial charge < -0.3 is 5.11 Å². The molecule has 1 unspecified atom stereocenters. The van der Waals surface area contributed by atoms with E-state index in [1.54, 1.807) is 0 Å². The Kier molecular flexibility index (Phi) is 4.84. The molecule has 0 amide bonds. The maximum Gasteiger partial charge on any atom is 0.0790 e. The Hall–Kier alpha value is -0.0500. The Balaban J connectivity index is 2.66. The summed E-state index contributed by atoms with van der Waals surface area (Å²) in [5, 5.41) is 10.7. The highest BCUT2D eigenvalue weighted by molar-refractivity contribution is 9.10. The fourth-order valence-electron chi connectivity index (χ4n) is 1.46. The summed E-state index contributed by atoms with van der Waals surface area (Å²) in [7, 11) is 0. The van der Waals surface area contributed by atoms with E-state index in [4.69, 9.17) is 11.6 Å². The van der Waals surface area contributed by atoms with E-state index in [0.717, 1.165) is 22.9 Å². The number of halogens is 2. The molecule has 0 saturated carbocycles. The van der Waals surface area contributed by atoms with Crippen LogP contribution in [-0.2, 0) is 0 Å². The second-order valence-corrected chi connectivity index (χ2v) is 6.55. The zero-order chi connectivity index (χ0) is 12.3. The quantitative estimate of drug-likeness (QED) is 0.836. The highest BCUT2D eigenvalue weighted by atomic mass is 79.9. The van der Waals surface area contributed by atoms with Crippen LogP contribution in [-0.4, -0.2) is 5.11 Å². The van der Waals surface area contributed by atoms with Crippen LogP contribution in [0.2, 0.25) is 5.02 Å². The van der Waals surface area contributed by atoms with Crippen molar-refractivity contribution in [3.8, 4) is 0 Å². The van der Waals surface area contributed by atoms with Crippen molar-refractivity contribution in [1.82, 2.24) is 0 Å². The fraction of sp³-hybridized carbons (Fsp3) is 0.538. The monoisotopic (exact) mass is 304 g/mol. The van der Waals surface area contributed by atoms with Gasteiger partial charge in [0, 0.05) is 4.47 Å². The van der Waals surface area contributed by atoms with Crippen molar-refractivity contribution in [3.05, 3.63) is 33.3 Å². The van der Waals surface area contributed by atoms with Gasteiger partial charge in [-0.05, 0) is 51.9 Å². The van der Waals surface area contributed by atoms with E-state index in [2.05, 4.69) is 36.7 Å². The first-order valence-electron chi connectivity index (χ1n) is 5.42. The summed E-state index contributed by atoms with van der Waals surface area (Å²) in [4.78, 5) is 0. The Bertz CT molecular complexity index is 357. The molecule has 0 aliphatic heterocycles. The molecule has 1 aromatic rings. The van der Waals surface area contributed by atoms with Gasteiger partial charge in [-0.3, -0.25) is 0 Å². The molecule has 16 heavy (non-hydrogen) atoms. The minimum Gasteiger partial charge on any atom is -0.388 e. The summed E-state index contributed by atoms with van der Waals surface area (Å²) in [6, 6.07) is 5.60. The standard InChI is InChI=1S/C13H18BrClO/c1-13(2,3)7-6-12(16)9-4-5-10(14)11(15)8-9/h4-5,8,12,16H,6-7H2,1-3H3. The van der Waals surface area contributed by atoms with Crippen molar-refractivity contribution >= 4 is 27.5 Å². The summed E-state index contributed by atoms with van der Waals surface area (Å²) in [5.41, 5.74) is 1.14. The first-order valence-corrected chi connectivity index (χ1v) is 6.60. The molecule has 0 fully saturated rings. The highest BCUT2D eigenvalue weighted by Gasteiger charge is 2.15. The van der Waals surface area contributed by atoms with Gasteiger partial charge in [-0.1, -0.05) is 38.4 Å². The van der Waals surface area contributed by atoms with Gasteiger partial charge in [0.05, 0.1) is 11.1 Å². The van der Waals surface area contributed by atoms with Gasteiger partial charge in [0.15, 0.2) is 0 Å². The van der Waals surface area contributed by atoms with Crippen molar-refractivity contribution in [2.24, 2.45) is 5.41 Å². The second-order valence-electron chi connectivity index (χ2n) is 5.29. The van der Waals surface area contributed by atoms with Crippen LogP contribution < -0.4 is 0 Å². The van der Waals surface area contributed by atoms with Gasteiger partial charge in [0.25, 0.3) is 0 Å². The number of aliphatic hydroxyl groups excluding tert-OH is 1. The van der Waals surface area contributed by atoms with Gasteiger partial charge in [-0.25, -0.2) is 0 Å². The third kappa shape index (κ3) is 4.44. The number of hydrogen-bond acceptors (Lipinski definition) is 1. The van der Waals surface area contributed by atoms with Crippen LogP contribution in [0.3, 0.4) is 0 Å². The molecule has 3 heteroatoms. The summed E-state index contributed by atoms with van der Waals surface area (Å²) >= 11 is 9.33. The van der Waals surface area contributed by atoms with Crippen LogP contribution >= 0.6 is 27.5 Å². The number of aliphatic hydroxyl groups is 1. The normalized spacial score (nSPS) is 13.9. The summed E-state index contributed by atoms with van der Waals surface area (Å²) in [6.45, 7) is 6.52. The molecule has 1 N–H and O–H groups in total. The van der Waals surface area contributed by atoms with Crippen molar-refractivity contribution in [2.45, 2.75) is 39.7 Å². The topological polar surface area (TPSA) is 20.2 Å². The predicted octanol–water partition coefficient (Wildman–Crippen LogP) is 4.96. The first kappa shape index (κ1) is 14.0. The molecule has 0 bridgehead atoms. The molecule has 1 nitrogen and oxygen atoms in total. The molecule has 0 aliphatic carbocycles. The van der Waals surface area contributed by atoms with Crippen molar-refractivity contribution < 1.29 is 5.11 Å². The Morgan fingerprint density at radius 3 is 2.50 bits per heavy atom. The average Bonchev–Trinajstić information content (AvgIpc) is 2.17. The Labute approximate surface area is 111 Å². The largest absolute Gasteiger partial charge is 0.388 e. The van der Waals surface area contributed by atoms with Crippen molar-refractivity contribution in [3.63, 3.8) is 0 Å². The lowest BCUT2D eigenvalue weighted by Crippen LogP contribution is -2.08. The minimum absolute atomic E-state index is 0.250.